The van der Waals surface area contributed by atoms with E-state index >= 15 is 0 Å². The number of aryl methyl sites for hydroxylation is 2. The van der Waals surface area contributed by atoms with Crippen LogP contribution in [0.25, 0.3) is 0 Å². The SMILES string of the molecule is CCn1nc(C)c(CCC(=O)NCc2cccc(F)c2)c1C. The maximum Gasteiger partial charge on any atom is 0.220 e. The molecule has 0 unspecified atom stereocenters. The molecule has 22 heavy (non-hydrogen) atoms. The number of nitrogens with one attached hydrogen (secondary N) is 1. The zero-order valence-electron chi connectivity index (χ0n) is 13.3. The highest BCUT2D eigenvalue weighted by Crippen LogP contribution is 2.15. The third-order valence-corrected chi connectivity index (χ3v) is 3.81. The van der Waals surface area contributed by atoms with Crippen LogP contribution in [0.4, 0.5) is 4.39 Å². The zero-order valence-corrected chi connectivity index (χ0v) is 13.3. The molecule has 1 amide bonds. The van der Waals surface area contributed by atoms with Crippen LogP contribution in [-0.2, 0) is 24.3 Å². The second-order valence-corrected chi connectivity index (χ2v) is 5.37. The van der Waals surface area contributed by atoms with Gasteiger partial charge in [0, 0.05) is 25.2 Å². The quantitative estimate of drug-likeness (QED) is 0.892. The Balaban J connectivity index is 1.87. The second-order valence-electron chi connectivity index (χ2n) is 5.37. The first-order valence-corrected chi connectivity index (χ1v) is 7.55. The molecule has 1 heterocycles. The highest BCUT2D eigenvalue weighted by atomic mass is 19.1. The van der Waals surface area contributed by atoms with Gasteiger partial charge in [0.2, 0.25) is 5.91 Å². The van der Waals surface area contributed by atoms with E-state index in [-0.39, 0.29) is 11.7 Å². The number of amides is 1. The summed E-state index contributed by atoms with van der Waals surface area (Å²) in [7, 11) is 0. The van der Waals surface area contributed by atoms with E-state index in [9.17, 15) is 9.18 Å². The van der Waals surface area contributed by atoms with Gasteiger partial charge in [0.05, 0.1) is 5.69 Å². The Morgan fingerprint density at radius 1 is 1.36 bits per heavy atom. The number of hydrogen-bond donors (Lipinski definition) is 1. The molecule has 0 spiro atoms. The van der Waals surface area contributed by atoms with Crippen molar-refractivity contribution >= 4 is 5.91 Å². The smallest absolute Gasteiger partial charge is 0.220 e. The highest BCUT2D eigenvalue weighted by molar-refractivity contribution is 5.76. The van der Waals surface area contributed by atoms with Crippen molar-refractivity contribution in [2.45, 2.75) is 46.7 Å². The molecule has 4 nitrogen and oxygen atoms in total. The minimum atomic E-state index is -0.287. The van der Waals surface area contributed by atoms with E-state index in [2.05, 4.69) is 17.3 Å². The largest absolute Gasteiger partial charge is 0.352 e. The van der Waals surface area contributed by atoms with Crippen LogP contribution in [0.3, 0.4) is 0 Å². The van der Waals surface area contributed by atoms with Gasteiger partial charge in [-0.15, -0.1) is 0 Å². The monoisotopic (exact) mass is 303 g/mol. The van der Waals surface area contributed by atoms with Crippen LogP contribution in [0.15, 0.2) is 24.3 Å². The van der Waals surface area contributed by atoms with Crippen LogP contribution in [-0.4, -0.2) is 15.7 Å². The molecule has 118 valence electrons. The van der Waals surface area contributed by atoms with Gasteiger partial charge >= 0.3 is 0 Å². The fourth-order valence-electron chi connectivity index (χ4n) is 2.58. The third kappa shape index (κ3) is 3.93. The Hall–Kier alpha value is -2.17. The van der Waals surface area contributed by atoms with Gasteiger partial charge in [0.1, 0.15) is 5.82 Å². The molecular formula is C17H22FN3O. The van der Waals surface area contributed by atoms with Crippen molar-refractivity contribution in [3.8, 4) is 0 Å². The lowest BCUT2D eigenvalue weighted by atomic mass is 10.1. The second kappa shape index (κ2) is 7.20. The van der Waals surface area contributed by atoms with E-state index in [0.29, 0.717) is 19.4 Å². The normalized spacial score (nSPS) is 10.7. The summed E-state index contributed by atoms with van der Waals surface area (Å²) in [5.74, 6) is -0.322. The predicted octanol–water partition coefficient (Wildman–Crippen LogP) is 2.91. The number of benzene rings is 1. The van der Waals surface area contributed by atoms with Crippen molar-refractivity contribution in [3.63, 3.8) is 0 Å². The summed E-state index contributed by atoms with van der Waals surface area (Å²) in [5, 5.41) is 7.28. The van der Waals surface area contributed by atoms with E-state index in [1.807, 2.05) is 18.5 Å². The summed E-state index contributed by atoms with van der Waals surface area (Å²) in [6, 6.07) is 6.26. The average molecular weight is 303 g/mol. The first-order valence-electron chi connectivity index (χ1n) is 7.55. The van der Waals surface area contributed by atoms with E-state index in [1.54, 1.807) is 12.1 Å². The van der Waals surface area contributed by atoms with Gasteiger partial charge in [0.25, 0.3) is 0 Å². The number of carbonyl (C=O) groups is 1. The summed E-state index contributed by atoms with van der Waals surface area (Å²) in [6.07, 6.45) is 1.08. The molecule has 0 saturated carbocycles. The summed E-state index contributed by atoms with van der Waals surface area (Å²) in [6.45, 7) is 7.23. The van der Waals surface area contributed by atoms with E-state index < -0.39 is 0 Å². The van der Waals surface area contributed by atoms with Gasteiger partial charge in [-0.3, -0.25) is 9.48 Å². The van der Waals surface area contributed by atoms with Crippen LogP contribution in [0.1, 0.15) is 35.9 Å². The minimum Gasteiger partial charge on any atom is -0.352 e. The van der Waals surface area contributed by atoms with Gasteiger partial charge in [-0.1, -0.05) is 12.1 Å². The number of rotatable bonds is 6. The lowest BCUT2D eigenvalue weighted by Gasteiger charge is -2.06. The van der Waals surface area contributed by atoms with Gasteiger partial charge in [-0.05, 0) is 50.5 Å². The van der Waals surface area contributed by atoms with Crippen molar-refractivity contribution < 1.29 is 9.18 Å². The number of aromatic nitrogens is 2. The molecule has 0 aliphatic heterocycles. The molecule has 0 saturated heterocycles. The van der Waals surface area contributed by atoms with Crippen molar-refractivity contribution in [2.75, 3.05) is 0 Å². The van der Waals surface area contributed by atoms with Gasteiger partial charge in [-0.2, -0.15) is 5.10 Å². The Labute approximate surface area is 130 Å². The summed E-state index contributed by atoms with van der Waals surface area (Å²) in [4.78, 5) is 11.9. The predicted molar refractivity (Wildman–Crippen MR) is 83.9 cm³/mol. The molecule has 1 N–H and O–H groups in total. The number of nitrogens with zero attached hydrogens (tertiary/aromatic N) is 2. The standard InChI is InChI=1S/C17H22FN3O/c1-4-21-13(3)16(12(2)20-21)8-9-17(22)19-11-14-6-5-7-15(18)10-14/h5-7,10H,4,8-9,11H2,1-3H3,(H,19,22). The lowest BCUT2D eigenvalue weighted by molar-refractivity contribution is -0.121. The third-order valence-electron chi connectivity index (χ3n) is 3.81. The van der Waals surface area contributed by atoms with Gasteiger partial charge in [-0.25, -0.2) is 4.39 Å². The highest BCUT2D eigenvalue weighted by Gasteiger charge is 2.12. The molecule has 0 aliphatic rings. The molecule has 0 fully saturated rings. The van der Waals surface area contributed by atoms with Crippen LogP contribution in [0.2, 0.25) is 0 Å². The fraction of sp³-hybridized carbons (Fsp3) is 0.412. The van der Waals surface area contributed by atoms with Crippen LogP contribution >= 0.6 is 0 Å². The molecular weight excluding hydrogens is 281 g/mol. The van der Waals surface area contributed by atoms with Crippen LogP contribution in [0, 0.1) is 19.7 Å². The number of halogens is 1. The maximum absolute atomic E-state index is 13.1. The number of hydrogen-bond acceptors (Lipinski definition) is 2. The first kappa shape index (κ1) is 16.2. The average Bonchev–Trinajstić information content (AvgIpc) is 2.77. The Morgan fingerprint density at radius 2 is 2.14 bits per heavy atom. The van der Waals surface area contributed by atoms with Crippen LogP contribution in [0.5, 0.6) is 0 Å². The summed E-state index contributed by atoms with van der Waals surface area (Å²) >= 11 is 0. The summed E-state index contributed by atoms with van der Waals surface area (Å²) < 4.78 is 15.0. The zero-order chi connectivity index (χ0) is 16.1. The molecule has 0 atom stereocenters. The van der Waals surface area contributed by atoms with Gasteiger partial charge in [0.15, 0.2) is 0 Å². The molecule has 2 aromatic rings. The Morgan fingerprint density at radius 3 is 2.77 bits per heavy atom. The topological polar surface area (TPSA) is 46.9 Å². The first-order chi connectivity index (χ1) is 10.5. The molecule has 1 aromatic heterocycles. The molecule has 5 heteroatoms. The van der Waals surface area contributed by atoms with Crippen molar-refractivity contribution in [1.29, 1.82) is 0 Å². The van der Waals surface area contributed by atoms with E-state index in [4.69, 9.17) is 0 Å². The maximum atomic E-state index is 13.1. The van der Waals surface area contributed by atoms with Crippen molar-refractivity contribution in [1.82, 2.24) is 15.1 Å². The molecule has 0 aliphatic carbocycles. The molecule has 0 bridgehead atoms. The lowest BCUT2D eigenvalue weighted by Crippen LogP contribution is -2.23. The molecule has 0 radical (unpaired) electrons. The van der Waals surface area contributed by atoms with Crippen molar-refractivity contribution in [3.05, 3.63) is 52.6 Å². The minimum absolute atomic E-state index is 0.0349. The fourth-order valence-corrected chi connectivity index (χ4v) is 2.58. The summed E-state index contributed by atoms with van der Waals surface area (Å²) in [5.41, 5.74) is 4.01. The Bertz CT molecular complexity index is 664. The van der Waals surface area contributed by atoms with E-state index in [1.165, 1.54) is 12.1 Å². The van der Waals surface area contributed by atoms with Crippen LogP contribution < -0.4 is 5.32 Å². The Kier molecular flexibility index (Phi) is 5.31. The van der Waals surface area contributed by atoms with Gasteiger partial charge < -0.3 is 5.32 Å². The van der Waals surface area contributed by atoms with E-state index in [0.717, 1.165) is 29.1 Å². The molecule has 1 aromatic carbocycles. The van der Waals surface area contributed by atoms with Crippen molar-refractivity contribution in [2.24, 2.45) is 0 Å². The molecule has 2 rings (SSSR count). The number of carbonyl (C=O) groups excluding carboxylic acids is 1.